The van der Waals surface area contributed by atoms with Crippen molar-refractivity contribution in [3.63, 3.8) is 0 Å². The second-order valence-electron chi connectivity index (χ2n) is 13.5. The molecule has 0 spiro atoms. The first-order chi connectivity index (χ1) is 22.6. The molecule has 0 bridgehead atoms. The highest BCUT2D eigenvalue weighted by Gasteiger charge is 2.52. The van der Waals surface area contributed by atoms with E-state index in [1.807, 2.05) is 19.0 Å². The zero-order chi connectivity index (χ0) is 35.0. The third-order valence-corrected chi connectivity index (χ3v) is 10.4. The van der Waals surface area contributed by atoms with Gasteiger partial charge in [-0.2, -0.15) is 0 Å². The summed E-state index contributed by atoms with van der Waals surface area (Å²) in [5, 5.41) is 77.0. The van der Waals surface area contributed by atoms with E-state index in [1.54, 1.807) is 20.8 Å². The van der Waals surface area contributed by atoms with E-state index in [1.165, 1.54) is 18.2 Å². The molecule has 0 saturated carbocycles. The fourth-order valence-electron chi connectivity index (χ4n) is 7.57. The molecule has 2 fully saturated rings. The quantitative estimate of drug-likeness (QED) is 0.185. The van der Waals surface area contributed by atoms with Crippen LogP contribution in [0.2, 0.25) is 0 Å². The number of aliphatic hydroxyl groups excluding tert-OH is 3. The number of fused-ring (bicyclic) bond motifs is 3. The van der Waals surface area contributed by atoms with E-state index >= 15 is 0 Å². The van der Waals surface area contributed by atoms with Gasteiger partial charge in [0.2, 0.25) is 5.78 Å². The molecule has 0 radical (unpaired) electrons. The Morgan fingerprint density at radius 3 is 2.15 bits per heavy atom. The monoisotopic (exact) mass is 673 g/mol. The van der Waals surface area contributed by atoms with Crippen LogP contribution in [0.1, 0.15) is 102 Å². The van der Waals surface area contributed by atoms with Gasteiger partial charge in [0.1, 0.15) is 35.6 Å². The van der Waals surface area contributed by atoms with Crippen LogP contribution in [0.4, 0.5) is 0 Å². The summed E-state index contributed by atoms with van der Waals surface area (Å²) in [6.45, 7) is 5.04. The van der Waals surface area contributed by atoms with Crippen LogP contribution >= 0.6 is 0 Å². The summed E-state index contributed by atoms with van der Waals surface area (Å²) < 4.78 is 24.7. The predicted octanol–water partition coefficient (Wildman–Crippen LogP) is 1.52. The van der Waals surface area contributed by atoms with E-state index in [-0.39, 0.29) is 54.0 Å². The van der Waals surface area contributed by atoms with E-state index in [2.05, 4.69) is 0 Å². The van der Waals surface area contributed by atoms with Gasteiger partial charge in [0, 0.05) is 42.0 Å². The van der Waals surface area contributed by atoms with E-state index in [0.717, 1.165) is 0 Å². The minimum atomic E-state index is -1.86. The summed E-state index contributed by atoms with van der Waals surface area (Å²) in [6.07, 6.45) is -8.64. The van der Waals surface area contributed by atoms with Crippen LogP contribution < -0.4 is 0 Å². The van der Waals surface area contributed by atoms with Gasteiger partial charge < -0.3 is 59.6 Å². The van der Waals surface area contributed by atoms with E-state index in [4.69, 9.17) is 18.9 Å². The first-order valence-corrected chi connectivity index (χ1v) is 16.2. The Balaban J connectivity index is 1.35. The highest BCUT2D eigenvalue weighted by molar-refractivity contribution is 6.31. The first-order valence-electron chi connectivity index (χ1n) is 16.2. The summed E-state index contributed by atoms with van der Waals surface area (Å²) in [6, 6.07) is 3.58. The molecule has 48 heavy (non-hydrogen) atoms. The number of likely N-dealkylation sites (N-methyl/N-ethyl adjacent to an activating group) is 1. The van der Waals surface area contributed by atoms with Gasteiger partial charge in [-0.15, -0.1) is 0 Å². The molecule has 11 atom stereocenters. The number of phenols is 3. The summed E-state index contributed by atoms with van der Waals surface area (Å²) in [7, 11) is 3.68. The normalized spacial score (nSPS) is 36.5. The SMILES string of the molecule is CC[C@@]1(O)C[C@H](O[C@@H]2C[C@H](N(C)C)[C@@H](O[C@@H]3C[C@H](O)[C@H](O)[C@H](C)O3)[C@H](C)O2)c2c(O)c3c(c(O)c2[C@H]1O)C(=O)c1cccc(O)c1C3=O. The predicted molar refractivity (Wildman–Crippen MR) is 166 cm³/mol. The van der Waals surface area contributed by atoms with E-state index in [9.17, 15) is 45.3 Å². The Labute approximate surface area is 277 Å². The Bertz CT molecular complexity index is 1600. The number of carbonyl (C=O) groups is 2. The highest BCUT2D eigenvalue weighted by Crippen LogP contribution is 2.56. The first kappa shape index (κ1) is 34.7. The Morgan fingerprint density at radius 1 is 0.875 bits per heavy atom. The topological polar surface area (TPSA) is 216 Å². The molecule has 2 aliphatic carbocycles. The Hall–Kier alpha value is -3.18. The number of hydrogen-bond acceptors (Lipinski definition) is 14. The van der Waals surface area contributed by atoms with Crippen LogP contribution in [-0.2, 0) is 18.9 Å². The molecule has 0 aromatic heterocycles. The minimum absolute atomic E-state index is 0.00680. The number of nitrogens with zero attached hydrogens (tertiary/aromatic N) is 1. The molecule has 7 N–H and O–H groups in total. The molecule has 2 aromatic rings. The van der Waals surface area contributed by atoms with Gasteiger partial charge in [0.05, 0.1) is 46.7 Å². The van der Waals surface area contributed by atoms with Crippen molar-refractivity contribution in [3.8, 4) is 17.2 Å². The Kier molecular flexibility index (Phi) is 9.11. The maximum Gasteiger partial charge on any atom is 0.202 e. The molecular formula is C34H43NO13. The number of ketones is 2. The summed E-state index contributed by atoms with van der Waals surface area (Å²) >= 11 is 0. The lowest BCUT2D eigenvalue weighted by Gasteiger charge is -2.47. The second-order valence-corrected chi connectivity index (χ2v) is 13.5. The molecule has 2 heterocycles. The van der Waals surface area contributed by atoms with Crippen LogP contribution in [0.3, 0.4) is 0 Å². The lowest BCUT2D eigenvalue weighted by Crippen LogP contribution is -2.57. The van der Waals surface area contributed by atoms with Crippen molar-refractivity contribution in [2.75, 3.05) is 14.1 Å². The number of ether oxygens (including phenoxy) is 4. The summed E-state index contributed by atoms with van der Waals surface area (Å²) in [4.78, 5) is 29.2. The van der Waals surface area contributed by atoms with Gasteiger partial charge in [-0.05, 0) is 40.4 Å². The van der Waals surface area contributed by atoms with Crippen molar-refractivity contribution < 1.29 is 64.3 Å². The van der Waals surface area contributed by atoms with Crippen molar-refractivity contribution in [1.29, 1.82) is 0 Å². The van der Waals surface area contributed by atoms with Crippen molar-refractivity contribution in [2.24, 2.45) is 0 Å². The average molecular weight is 674 g/mol. The molecule has 2 aromatic carbocycles. The number of aliphatic hydroxyl groups is 4. The molecular weight excluding hydrogens is 630 g/mol. The van der Waals surface area contributed by atoms with Gasteiger partial charge in [0.15, 0.2) is 18.4 Å². The third-order valence-electron chi connectivity index (χ3n) is 10.4. The molecule has 2 saturated heterocycles. The maximum atomic E-state index is 13.7. The zero-order valence-electron chi connectivity index (χ0n) is 27.4. The fourth-order valence-corrected chi connectivity index (χ4v) is 7.57. The van der Waals surface area contributed by atoms with E-state index in [0.29, 0.717) is 0 Å². The minimum Gasteiger partial charge on any atom is -0.507 e. The van der Waals surface area contributed by atoms with Crippen LogP contribution in [0.25, 0.3) is 0 Å². The second kappa shape index (κ2) is 12.6. The third kappa shape index (κ3) is 5.49. The molecule has 0 amide bonds. The lowest BCUT2D eigenvalue weighted by atomic mass is 9.70. The van der Waals surface area contributed by atoms with Crippen molar-refractivity contribution in [1.82, 2.24) is 4.90 Å². The Morgan fingerprint density at radius 2 is 1.50 bits per heavy atom. The molecule has 0 unspecified atom stereocenters. The number of hydrogen-bond donors (Lipinski definition) is 7. The molecule has 262 valence electrons. The van der Waals surface area contributed by atoms with Crippen LogP contribution in [-0.4, -0.2) is 121 Å². The van der Waals surface area contributed by atoms with Crippen LogP contribution in [0.15, 0.2) is 18.2 Å². The summed E-state index contributed by atoms with van der Waals surface area (Å²) in [5.41, 5.74) is -3.97. The van der Waals surface area contributed by atoms with Gasteiger partial charge in [-0.3, -0.25) is 9.59 Å². The number of rotatable bonds is 6. The molecule has 14 nitrogen and oxygen atoms in total. The largest absolute Gasteiger partial charge is 0.507 e. The molecule has 6 rings (SSSR count). The number of carbonyl (C=O) groups excluding carboxylic acids is 2. The number of benzene rings is 2. The van der Waals surface area contributed by atoms with Gasteiger partial charge in [0.25, 0.3) is 0 Å². The van der Waals surface area contributed by atoms with Gasteiger partial charge >= 0.3 is 0 Å². The van der Waals surface area contributed by atoms with Crippen molar-refractivity contribution >= 4 is 11.6 Å². The van der Waals surface area contributed by atoms with Crippen molar-refractivity contribution in [2.45, 2.75) is 113 Å². The maximum absolute atomic E-state index is 13.7. The standard InChI is InChI=1S/C34H43NO13/c1-6-34(44)12-19(47-20-10-16(35(4)5)32(14(3)46-20)48-21-11-18(37)27(38)13(2)45-21)23-26(33(34)43)31(42)24-25(30(23)41)29(40)22-15(28(24)39)8-7-9-17(22)36/h7-9,13-14,16,18-21,27,32-33,36-38,41-44H,6,10-12H2,1-5H3/t13-,14-,16-,18-,19-,20+,21+,27+,32-,33+,34+/m0/s1. The van der Waals surface area contributed by atoms with Gasteiger partial charge in [-0.25, -0.2) is 0 Å². The smallest absolute Gasteiger partial charge is 0.202 e. The molecule has 4 aliphatic rings. The molecule has 2 aliphatic heterocycles. The van der Waals surface area contributed by atoms with Crippen LogP contribution in [0, 0.1) is 0 Å². The summed E-state index contributed by atoms with van der Waals surface area (Å²) in [5.74, 6) is -3.71. The van der Waals surface area contributed by atoms with Crippen molar-refractivity contribution in [3.05, 3.63) is 51.6 Å². The lowest BCUT2D eigenvalue weighted by molar-refractivity contribution is -0.311. The number of aromatic hydroxyl groups is 3. The average Bonchev–Trinajstić information content (AvgIpc) is 3.02. The molecule has 14 heteroatoms. The van der Waals surface area contributed by atoms with Gasteiger partial charge in [-0.1, -0.05) is 19.1 Å². The highest BCUT2D eigenvalue weighted by atomic mass is 16.7. The number of phenolic OH excluding ortho intramolecular Hbond substituents is 3. The van der Waals surface area contributed by atoms with Crippen LogP contribution in [0.5, 0.6) is 17.2 Å². The van der Waals surface area contributed by atoms with E-state index < -0.39 is 101 Å². The fraction of sp³-hybridized carbons (Fsp3) is 0.588. The zero-order valence-corrected chi connectivity index (χ0v) is 27.4.